The van der Waals surface area contributed by atoms with E-state index >= 15 is 0 Å². The number of nitrogens with zero attached hydrogens (tertiary/aromatic N) is 2. The first-order valence-corrected chi connectivity index (χ1v) is 9.34. The van der Waals surface area contributed by atoms with E-state index in [0.29, 0.717) is 23.3 Å². The highest BCUT2D eigenvalue weighted by Crippen LogP contribution is 2.49. The van der Waals surface area contributed by atoms with E-state index < -0.39 is 0 Å². The van der Waals surface area contributed by atoms with Crippen LogP contribution in [0.4, 0.5) is 0 Å². The maximum absolute atomic E-state index is 12.6. The highest BCUT2D eigenvalue weighted by molar-refractivity contribution is 5.79. The van der Waals surface area contributed by atoms with Gasteiger partial charge in [-0.15, -0.1) is 0 Å². The summed E-state index contributed by atoms with van der Waals surface area (Å²) in [5.74, 6) is 3.08. The van der Waals surface area contributed by atoms with Crippen LogP contribution in [0.3, 0.4) is 0 Å². The Bertz CT molecular complexity index is 858. The molecule has 132 valence electrons. The summed E-state index contributed by atoms with van der Waals surface area (Å²) in [6.45, 7) is 2.52. The molecule has 0 spiro atoms. The number of carbonyl (C=O) groups excluding carboxylic acids is 1. The second kappa shape index (κ2) is 6.62. The molecule has 1 N–H and O–H groups in total. The maximum Gasteiger partial charge on any atom is 0.261 e. The largest absolute Gasteiger partial charge is 0.355 e. The van der Waals surface area contributed by atoms with Crippen LogP contribution in [0.1, 0.15) is 37.9 Å². The average molecular weight is 339 g/mol. The molecule has 1 aromatic heterocycles. The normalized spacial score (nSPS) is 24.8. The van der Waals surface area contributed by atoms with Gasteiger partial charge in [0.1, 0.15) is 12.4 Å². The van der Waals surface area contributed by atoms with E-state index in [1.807, 2.05) is 18.2 Å². The van der Waals surface area contributed by atoms with Crippen molar-refractivity contribution in [3.05, 3.63) is 40.4 Å². The summed E-state index contributed by atoms with van der Waals surface area (Å²) in [7, 11) is 0. The van der Waals surface area contributed by atoms with Crippen molar-refractivity contribution >= 4 is 16.8 Å². The number of hydrogen-bond donors (Lipinski definition) is 1. The van der Waals surface area contributed by atoms with Crippen LogP contribution in [-0.4, -0.2) is 22.0 Å². The smallest absolute Gasteiger partial charge is 0.261 e. The van der Waals surface area contributed by atoms with Gasteiger partial charge in [-0.1, -0.05) is 18.6 Å². The Balaban J connectivity index is 1.37. The van der Waals surface area contributed by atoms with Gasteiger partial charge >= 0.3 is 0 Å². The van der Waals surface area contributed by atoms with Crippen LogP contribution in [0.15, 0.2) is 29.1 Å². The number of benzene rings is 1. The fourth-order valence-electron chi connectivity index (χ4n) is 4.79. The molecule has 0 unspecified atom stereocenters. The summed E-state index contributed by atoms with van der Waals surface area (Å²) in [6.07, 6.45) is 6.59. The minimum Gasteiger partial charge on any atom is -0.355 e. The lowest BCUT2D eigenvalue weighted by Gasteiger charge is -2.21. The van der Waals surface area contributed by atoms with Gasteiger partial charge in [-0.3, -0.25) is 14.2 Å². The van der Waals surface area contributed by atoms with Crippen molar-refractivity contribution in [3.63, 3.8) is 0 Å². The first kappa shape index (κ1) is 16.3. The number of aromatic nitrogens is 2. The molecule has 1 heterocycles. The lowest BCUT2D eigenvalue weighted by atomic mass is 9.86. The van der Waals surface area contributed by atoms with Crippen LogP contribution in [0.5, 0.6) is 0 Å². The summed E-state index contributed by atoms with van der Waals surface area (Å²) in [5, 5.41) is 3.55. The topological polar surface area (TPSA) is 64.0 Å². The zero-order chi connectivity index (χ0) is 17.4. The van der Waals surface area contributed by atoms with Crippen LogP contribution in [0, 0.1) is 24.7 Å². The molecule has 2 aromatic rings. The predicted octanol–water partition coefficient (Wildman–Crippen LogP) is 2.65. The summed E-state index contributed by atoms with van der Waals surface area (Å²) < 4.78 is 1.47. The number of hydrogen-bond acceptors (Lipinski definition) is 3. The summed E-state index contributed by atoms with van der Waals surface area (Å²) in [5.41, 5.74) is 0.532. The van der Waals surface area contributed by atoms with E-state index in [-0.39, 0.29) is 18.0 Å². The Morgan fingerprint density at radius 2 is 2.12 bits per heavy atom. The molecule has 1 aromatic carbocycles. The highest BCUT2D eigenvalue weighted by Gasteiger charge is 2.38. The Labute approximate surface area is 147 Å². The third kappa shape index (κ3) is 3.20. The fourth-order valence-corrected chi connectivity index (χ4v) is 4.79. The SMILES string of the molecule is Cc1nc2ccccc2c(=O)n1CC(=O)NCC[C@@H]1C[C@H]2CC[C@H]1C2. The van der Waals surface area contributed by atoms with Gasteiger partial charge in [0.2, 0.25) is 5.91 Å². The number of rotatable bonds is 5. The molecule has 2 saturated carbocycles. The van der Waals surface area contributed by atoms with Gasteiger partial charge in [0.15, 0.2) is 0 Å². The van der Waals surface area contributed by atoms with Gasteiger partial charge in [0.25, 0.3) is 5.56 Å². The maximum atomic E-state index is 12.6. The average Bonchev–Trinajstić information content (AvgIpc) is 3.22. The molecule has 2 fully saturated rings. The van der Waals surface area contributed by atoms with Crippen LogP contribution in [0.25, 0.3) is 10.9 Å². The Kier molecular flexibility index (Phi) is 4.32. The predicted molar refractivity (Wildman–Crippen MR) is 97.3 cm³/mol. The molecule has 0 radical (unpaired) electrons. The highest BCUT2D eigenvalue weighted by atomic mass is 16.2. The molecule has 5 heteroatoms. The van der Waals surface area contributed by atoms with Gasteiger partial charge in [-0.05, 0) is 62.5 Å². The molecule has 4 rings (SSSR count). The molecule has 0 aliphatic heterocycles. The molecule has 2 aliphatic carbocycles. The molecule has 0 saturated heterocycles. The lowest BCUT2D eigenvalue weighted by molar-refractivity contribution is -0.121. The number of amides is 1. The van der Waals surface area contributed by atoms with Crippen molar-refractivity contribution in [1.29, 1.82) is 0 Å². The van der Waals surface area contributed by atoms with Gasteiger partial charge in [0, 0.05) is 6.54 Å². The van der Waals surface area contributed by atoms with E-state index in [1.54, 1.807) is 13.0 Å². The lowest BCUT2D eigenvalue weighted by Crippen LogP contribution is -2.35. The van der Waals surface area contributed by atoms with Crippen molar-refractivity contribution in [1.82, 2.24) is 14.9 Å². The van der Waals surface area contributed by atoms with E-state index in [0.717, 1.165) is 24.2 Å². The van der Waals surface area contributed by atoms with E-state index in [4.69, 9.17) is 0 Å². The quantitative estimate of drug-likeness (QED) is 0.911. The van der Waals surface area contributed by atoms with Crippen LogP contribution in [0.2, 0.25) is 0 Å². The molecule has 1 amide bonds. The minimum atomic E-state index is -0.147. The molecular weight excluding hydrogens is 314 g/mol. The molecule has 2 bridgehead atoms. The molecular formula is C20H25N3O2. The van der Waals surface area contributed by atoms with Crippen LogP contribution >= 0.6 is 0 Å². The van der Waals surface area contributed by atoms with Crippen molar-refractivity contribution < 1.29 is 4.79 Å². The molecule has 5 nitrogen and oxygen atoms in total. The van der Waals surface area contributed by atoms with Gasteiger partial charge in [-0.2, -0.15) is 0 Å². The van der Waals surface area contributed by atoms with Crippen molar-refractivity contribution in [3.8, 4) is 0 Å². The van der Waals surface area contributed by atoms with Gasteiger partial charge in [-0.25, -0.2) is 4.98 Å². The summed E-state index contributed by atoms with van der Waals surface area (Å²) in [4.78, 5) is 29.3. The molecule has 2 aliphatic rings. The summed E-state index contributed by atoms with van der Waals surface area (Å²) in [6, 6.07) is 7.26. The zero-order valence-electron chi connectivity index (χ0n) is 14.7. The minimum absolute atomic E-state index is 0.0409. The second-order valence-corrected chi connectivity index (χ2v) is 7.64. The van der Waals surface area contributed by atoms with Crippen molar-refractivity contribution in [2.45, 2.75) is 45.6 Å². The van der Waals surface area contributed by atoms with Crippen molar-refractivity contribution in [2.75, 3.05) is 6.54 Å². The van der Waals surface area contributed by atoms with E-state index in [2.05, 4.69) is 10.3 Å². The summed E-state index contributed by atoms with van der Waals surface area (Å²) >= 11 is 0. The molecule has 3 atom stereocenters. The zero-order valence-corrected chi connectivity index (χ0v) is 14.7. The Morgan fingerprint density at radius 3 is 2.88 bits per heavy atom. The Hall–Kier alpha value is -2.17. The van der Waals surface area contributed by atoms with E-state index in [9.17, 15) is 9.59 Å². The molecule has 25 heavy (non-hydrogen) atoms. The van der Waals surface area contributed by atoms with Crippen LogP contribution < -0.4 is 10.9 Å². The first-order valence-electron chi connectivity index (χ1n) is 9.34. The third-order valence-electron chi connectivity index (χ3n) is 6.08. The number of nitrogens with one attached hydrogen (secondary N) is 1. The second-order valence-electron chi connectivity index (χ2n) is 7.64. The third-order valence-corrected chi connectivity index (χ3v) is 6.08. The number of carbonyl (C=O) groups is 1. The van der Waals surface area contributed by atoms with Crippen LogP contribution in [-0.2, 0) is 11.3 Å². The fraction of sp³-hybridized carbons (Fsp3) is 0.550. The Morgan fingerprint density at radius 1 is 1.28 bits per heavy atom. The van der Waals surface area contributed by atoms with Gasteiger partial charge < -0.3 is 5.32 Å². The number of para-hydroxylation sites is 1. The number of fused-ring (bicyclic) bond motifs is 3. The monoisotopic (exact) mass is 339 g/mol. The first-order chi connectivity index (χ1) is 12.1. The van der Waals surface area contributed by atoms with Crippen molar-refractivity contribution in [2.24, 2.45) is 17.8 Å². The van der Waals surface area contributed by atoms with E-state index in [1.165, 1.54) is 30.3 Å². The number of aryl methyl sites for hydroxylation is 1. The standard InChI is InChI=1S/C20H25N3O2/c1-13-22-18-5-3-2-4-17(18)20(25)23(13)12-19(24)21-9-8-16-11-14-6-7-15(16)10-14/h2-5,14-16H,6-12H2,1H3,(H,21,24)/t14-,15-,16+/m0/s1. The van der Waals surface area contributed by atoms with Gasteiger partial charge in [0.05, 0.1) is 10.9 Å².